The van der Waals surface area contributed by atoms with E-state index in [1.54, 1.807) is 0 Å². The van der Waals surface area contributed by atoms with Gasteiger partial charge in [-0.2, -0.15) is 0 Å². The summed E-state index contributed by atoms with van der Waals surface area (Å²) in [6, 6.07) is 0. The summed E-state index contributed by atoms with van der Waals surface area (Å²) in [6.07, 6.45) is 9.46. The Kier molecular flexibility index (Phi) is 2.10. The van der Waals surface area contributed by atoms with E-state index < -0.39 is 0 Å². The van der Waals surface area contributed by atoms with Crippen LogP contribution in [0.3, 0.4) is 0 Å². The minimum atomic E-state index is 0.144. The molecule has 0 aromatic rings. The molecule has 6 atom stereocenters. The number of rotatable bonds is 0. The highest BCUT2D eigenvalue weighted by Crippen LogP contribution is 2.68. The van der Waals surface area contributed by atoms with E-state index in [4.69, 9.17) is 10.6 Å². The Morgan fingerprint density at radius 3 is 3.00 bits per heavy atom. The van der Waals surface area contributed by atoms with Crippen LogP contribution in [-0.4, -0.2) is 11.9 Å². The van der Waals surface area contributed by atoms with Crippen LogP contribution in [0.2, 0.25) is 0 Å². The van der Waals surface area contributed by atoms with Crippen molar-refractivity contribution in [1.29, 1.82) is 0 Å². The third kappa shape index (κ3) is 1.27. The highest BCUT2D eigenvalue weighted by molar-refractivity contribution is 9.11. The van der Waals surface area contributed by atoms with Crippen molar-refractivity contribution in [3.8, 4) is 0 Å². The topological polar surface area (TPSA) is 47.6 Å². The molecular formula is C14H17BrN2O. The second kappa shape index (κ2) is 3.41. The maximum atomic E-state index is 6.01. The molecule has 2 N–H and O–H groups in total. The zero-order chi connectivity index (χ0) is 12.5. The van der Waals surface area contributed by atoms with Gasteiger partial charge in [0.1, 0.15) is 11.9 Å². The van der Waals surface area contributed by atoms with Gasteiger partial charge in [-0.05, 0) is 30.1 Å². The number of oxime groups is 1. The third-order valence-electron chi connectivity index (χ3n) is 5.44. The van der Waals surface area contributed by atoms with Gasteiger partial charge in [-0.25, -0.2) is 0 Å². The van der Waals surface area contributed by atoms with E-state index in [-0.39, 0.29) is 6.10 Å². The zero-order valence-electron chi connectivity index (χ0n) is 10.3. The van der Waals surface area contributed by atoms with Crippen LogP contribution in [0.15, 0.2) is 27.9 Å². The molecule has 0 aromatic heterocycles. The predicted octanol–water partition coefficient (Wildman–Crippen LogP) is 2.78. The minimum absolute atomic E-state index is 0.144. The Morgan fingerprint density at radius 1 is 1.50 bits per heavy atom. The Balaban J connectivity index is 1.76. The number of fused-ring (bicyclic) bond motifs is 4. The van der Waals surface area contributed by atoms with Gasteiger partial charge >= 0.3 is 0 Å². The molecule has 2 saturated carbocycles. The number of hydrogen-bond donors (Lipinski definition) is 1. The van der Waals surface area contributed by atoms with E-state index in [0.717, 1.165) is 16.8 Å². The van der Waals surface area contributed by atoms with Crippen LogP contribution in [0.5, 0.6) is 0 Å². The normalized spacial score (nSPS) is 52.2. The first kappa shape index (κ1) is 11.1. The van der Waals surface area contributed by atoms with Gasteiger partial charge in [-0.3, -0.25) is 0 Å². The molecule has 4 unspecified atom stereocenters. The van der Waals surface area contributed by atoms with E-state index >= 15 is 0 Å². The Morgan fingerprint density at radius 2 is 2.28 bits per heavy atom. The average molecular weight is 309 g/mol. The van der Waals surface area contributed by atoms with E-state index in [2.05, 4.69) is 46.2 Å². The van der Waals surface area contributed by atoms with Gasteiger partial charge in [-0.15, -0.1) is 0 Å². The Hall–Kier alpha value is -0.770. The van der Waals surface area contributed by atoms with Gasteiger partial charge in [0.05, 0.1) is 5.92 Å². The second-order valence-electron chi connectivity index (χ2n) is 6.25. The van der Waals surface area contributed by atoms with Gasteiger partial charge in [0, 0.05) is 10.4 Å². The third-order valence-corrected chi connectivity index (χ3v) is 5.96. The summed E-state index contributed by atoms with van der Waals surface area (Å²) in [7, 11) is 0. The zero-order valence-corrected chi connectivity index (χ0v) is 11.9. The van der Waals surface area contributed by atoms with E-state index in [1.165, 1.54) is 6.42 Å². The van der Waals surface area contributed by atoms with Crippen LogP contribution in [0, 0.1) is 29.1 Å². The lowest BCUT2D eigenvalue weighted by Gasteiger charge is -2.43. The SMILES string of the molecule is C[C@H]1C[C@@]12CC1C(N)=NOC1C1C=C(Br)C=CC12. The van der Waals surface area contributed by atoms with Crippen molar-refractivity contribution in [2.24, 2.45) is 40.0 Å². The highest BCUT2D eigenvalue weighted by Gasteiger charge is 2.64. The maximum Gasteiger partial charge on any atom is 0.146 e. The largest absolute Gasteiger partial charge is 0.390 e. The number of nitrogens with two attached hydrogens (primary N) is 1. The summed E-state index contributed by atoms with van der Waals surface area (Å²) >= 11 is 3.59. The first-order valence-corrected chi connectivity index (χ1v) is 7.46. The Bertz CT molecular complexity index is 498. The van der Waals surface area contributed by atoms with Crippen LogP contribution in [0.4, 0.5) is 0 Å². The van der Waals surface area contributed by atoms with Crippen LogP contribution >= 0.6 is 15.9 Å². The molecular weight excluding hydrogens is 292 g/mol. The molecule has 4 heteroatoms. The molecule has 0 radical (unpaired) electrons. The average Bonchev–Trinajstić information content (AvgIpc) is 2.81. The minimum Gasteiger partial charge on any atom is -0.390 e. The first-order chi connectivity index (χ1) is 8.62. The monoisotopic (exact) mass is 308 g/mol. The molecule has 96 valence electrons. The molecule has 0 aromatic carbocycles. The molecule has 0 bridgehead atoms. The van der Waals surface area contributed by atoms with Gasteiger partial charge in [0.2, 0.25) is 0 Å². The number of halogens is 1. The molecule has 0 amide bonds. The molecule has 3 aliphatic carbocycles. The fourth-order valence-electron chi connectivity index (χ4n) is 4.34. The molecule has 4 aliphatic rings. The van der Waals surface area contributed by atoms with Crippen molar-refractivity contribution in [3.05, 3.63) is 22.7 Å². The van der Waals surface area contributed by atoms with Crippen LogP contribution < -0.4 is 5.73 Å². The van der Waals surface area contributed by atoms with Crippen molar-refractivity contribution in [3.63, 3.8) is 0 Å². The van der Waals surface area contributed by atoms with E-state index in [1.807, 2.05) is 0 Å². The van der Waals surface area contributed by atoms with E-state index in [0.29, 0.717) is 29.0 Å². The number of hydrogen-bond acceptors (Lipinski definition) is 3. The molecule has 2 fully saturated rings. The Labute approximate surface area is 115 Å². The quantitative estimate of drug-likeness (QED) is 0.748. The summed E-state index contributed by atoms with van der Waals surface area (Å²) in [5.74, 6) is 2.83. The molecule has 1 spiro atoms. The molecule has 0 saturated heterocycles. The van der Waals surface area contributed by atoms with Crippen LogP contribution in [-0.2, 0) is 4.84 Å². The van der Waals surface area contributed by atoms with Gasteiger partial charge in [-0.1, -0.05) is 46.2 Å². The van der Waals surface area contributed by atoms with Crippen LogP contribution in [0.25, 0.3) is 0 Å². The lowest BCUT2D eigenvalue weighted by atomic mass is 9.62. The molecule has 3 nitrogen and oxygen atoms in total. The lowest BCUT2D eigenvalue weighted by molar-refractivity contribution is -0.0293. The molecule has 18 heavy (non-hydrogen) atoms. The van der Waals surface area contributed by atoms with Gasteiger partial charge < -0.3 is 10.6 Å². The molecule has 1 aliphatic heterocycles. The van der Waals surface area contributed by atoms with Crippen LogP contribution in [0.1, 0.15) is 19.8 Å². The maximum absolute atomic E-state index is 6.01. The fourth-order valence-corrected chi connectivity index (χ4v) is 4.80. The van der Waals surface area contributed by atoms with Gasteiger partial charge in [0.15, 0.2) is 0 Å². The summed E-state index contributed by atoms with van der Waals surface area (Å²) in [5.41, 5.74) is 6.46. The van der Waals surface area contributed by atoms with Gasteiger partial charge in [0.25, 0.3) is 0 Å². The standard InChI is InChI=1S/C14H17BrN2O/c1-7-5-14(7)6-10-12(18-17-13(10)16)9-4-8(15)2-3-11(9)14/h2-4,7,9-12H,5-6H2,1H3,(H2,16,17)/t7-,9?,10?,11?,12?,14+/m0/s1. The smallest absolute Gasteiger partial charge is 0.146 e. The highest BCUT2D eigenvalue weighted by atomic mass is 79.9. The van der Waals surface area contributed by atoms with E-state index in [9.17, 15) is 0 Å². The number of allylic oxidation sites excluding steroid dienone is 3. The number of amidine groups is 1. The van der Waals surface area contributed by atoms with Crippen molar-refractivity contribution in [1.82, 2.24) is 0 Å². The fraction of sp³-hybridized carbons (Fsp3) is 0.643. The summed E-state index contributed by atoms with van der Waals surface area (Å²) in [4.78, 5) is 5.61. The summed E-state index contributed by atoms with van der Waals surface area (Å²) in [6.45, 7) is 2.36. The van der Waals surface area contributed by atoms with Crippen molar-refractivity contribution in [2.75, 3.05) is 0 Å². The van der Waals surface area contributed by atoms with Crippen molar-refractivity contribution in [2.45, 2.75) is 25.9 Å². The first-order valence-electron chi connectivity index (χ1n) is 6.66. The molecule has 1 heterocycles. The number of nitrogens with zero attached hydrogens (tertiary/aromatic N) is 1. The predicted molar refractivity (Wildman–Crippen MR) is 73.9 cm³/mol. The van der Waals surface area contributed by atoms with Crippen molar-refractivity contribution >= 4 is 21.8 Å². The van der Waals surface area contributed by atoms with Crippen molar-refractivity contribution < 1.29 is 4.84 Å². The summed E-state index contributed by atoms with van der Waals surface area (Å²) in [5, 5.41) is 4.04. The molecule has 4 rings (SSSR count). The second-order valence-corrected chi connectivity index (χ2v) is 7.16. The lowest BCUT2D eigenvalue weighted by Crippen LogP contribution is -2.47. The summed E-state index contributed by atoms with van der Waals surface area (Å²) < 4.78 is 1.15.